The fourth-order valence-corrected chi connectivity index (χ4v) is 5.25. The Labute approximate surface area is 168 Å². The van der Waals surface area contributed by atoms with Gasteiger partial charge in [-0.05, 0) is 42.8 Å². The molecular weight excluding hydrogens is 426 g/mol. The lowest BCUT2D eigenvalue weighted by molar-refractivity contribution is 0.234. The lowest BCUT2D eigenvalue weighted by atomic mass is 10.1. The van der Waals surface area contributed by atoms with Gasteiger partial charge in [0.25, 0.3) is 10.0 Å². The summed E-state index contributed by atoms with van der Waals surface area (Å²) in [6.07, 6.45) is 1.79. The second-order valence-corrected chi connectivity index (χ2v) is 9.69. The summed E-state index contributed by atoms with van der Waals surface area (Å²) >= 11 is 3.52. The number of rotatable bonds is 4. The van der Waals surface area contributed by atoms with Crippen molar-refractivity contribution in [3.8, 4) is 0 Å². The Balaban J connectivity index is 1.82. The van der Waals surface area contributed by atoms with Crippen molar-refractivity contribution >= 4 is 36.9 Å². The Bertz CT molecular complexity index is 1070. The molecule has 2 heterocycles. The van der Waals surface area contributed by atoms with Crippen LogP contribution in [0.5, 0.6) is 0 Å². The third-order valence-electron chi connectivity index (χ3n) is 5.00. The number of halogens is 1. The first-order chi connectivity index (χ1) is 12.9. The third kappa shape index (κ3) is 3.69. The number of aryl methyl sites for hydroxylation is 1. The van der Waals surface area contributed by atoms with Crippen LogP contribution in [-0.4, -0.2) is 43.5 Å². The van der Waals surface area contributed by atoms with Crippen LogP contribution in [0.3, 0.4) is 0 Å². The van der Waals surface area contributed by atoms with Gasteiger partial charge in [0.2, 0.25) is 0 Å². The molecule has 2 aromatic carbocycles. The van der Waals surface area contributed by atoms with E-state index in [-0.39, 0.29) is 0 Å². The molecule has 1 aromatic heterocycles. The summed E-state index contributed by atoms with van der Waals surface area (Å²) in [5, 5.41) is 4.32. The topological polar surface area (TPSA) is 54.3 Å². The van der Waals surface area contributed by atoms with E-state index in [1.165, 1.54) is 3.97 Å². The van der Waals surface area contributed by atoms with Crippen molar-refractivity contribution in [2.75, 3.05) is 26.2 Å². The van der Waals surface area contributed by atoms with Gasteiger partial charge in [0.05, 0.1) is 10.4 Å². The minimum Gasteiger partial charge on any atom is -0.314 e. The second kappa shape index (κ2) is 7.39. The molecule has 1 aliphatic rings. The van der Waals surface area contributed by atoms with Gasteiger partial charge >= 0.3 is 0 Å². The van der Waals surface area contributed by atoms with Crippen molar-refractivity contribution in [2.45, 2.75) is 18.4 Å². The van der Waals surface area contributed by atoms with Gasteiger partial charge in [0.1, 0.15) is 0 Å². The summed E-state index contributed by atoms with van der Waals surface area (Å²) in [5.41, 5.74) is 2.78. The largest absolute Gasteiger partial charge is 0.314 e. The normalized spacial score (nSPS) is 16.1. The van der Waals surface area contributed by atoms with Gasteiger partial charge in [0, 0.05) is 48.8 Å². The Morgan fingerprint density at radius 1 is 1.07 bits per heavy atom. The summed E-state index contributed by atoms with van der Waals surface area (Å²) in [7, 11) is -3.64. The zero-order valence-electron chi connectivity index (χ0n) is 15.2. The van der Waals surface area contributed by atoms with Gasteiger partial charge in [-0.15, -0.1) is 0 Å². The first-order valence-corrected chi connectivity index (χ1v) is 11.2. The van der Waals surface area contributed by atoms with Crippen LogP contribution in [0.15, 0.2) is 58.0 Å². The van der Waals surface area contributed by atoms with E-state index in [1.54, 1.807) is 18.3 Å². The van der Waals surface area contributed by atoms with E-state index >= 15 is 0 Å². The Hall–Kier alpha value is -1.67. The molecule has 0 spiro atoms. The summed E-state index contributed by atoms with van der Waals surface area (Å²) in [6.45, 7) is 6.54. The van der Waals surface area contributed by atoms with Crippen LogP contribution in [0.2, 0.25) is 0 Å². The molecule has 142 valence electrons. The highest BCUT2D eigenvalue weighted by Crippen LogP contribution is 2.29. The number of fused-ring (bicyclic) bond motifs is 1. The molecule has 1 fully saturated rings. The van der Waals surface area contributed by atoms with E-state index in [0.717, 1.165) is 53.7 Å². The van der Waals surface area contributed by atoms with Gasteiger partial charge in [-0.3, -0.25) is 4.90 Å². The van der Waals surface area contributed by atoms with Gasteiger partial charge in [-0.2, -0.15) is 0 Å². The molecule has 1 aliphatic heterocycles. The maximum atomic E-state index is 13.3. The first kappa shape index (κ1) is 18.7. The predicted octanol–water partition coefficient (Wildman–Crippen LogP) is 3.35. The summed E-state index contributed by atoms with van der Waals surface area (Å²) < 4.78 is 28.9. The minimum absolute atomic E-state index is 0.307. The Morgan fingerprint density at radius 3 is 2.48 bits per heavy atom. The lowest BCUT2D eigenvalue weighted by Gasteiger charge is -2.26. The van der Waals surface area contributed by atoms with Crippen LogP contribution < -0.4 is 5.32 Å². The number of nitrogens with zero attached hydrogens (tertiary/aromatic N) is 2. The molecule has 0 radical (unpaired) electrons. The van der Waals surface area contributed by atoms with Crippen LogP contribution in [0.25, 0.3) is 10.9 Å². The highest BCUT2D eigenvalue weighted by molar-refractivity contribution is 9.10. The maximum absolute atomic E-state index is 13.3. The summed E-state index contributed by atoms with van der Waals surface area (Å²) in [6, 6.07) is 12.8. The Morgan fingerprint density at radius 2 is 1.78 bits per heavy atom. The highest BCUT2D eigenvalue weighted by atomic mass is 79.9. The molecule has 4 rings (SSSR count). The van der Waals surface area contributed by atoms with E-state index in [1.807, 2.05) is 37.3 Å². The van der Waals surface area contributed by atoms with E-state index in [4.69, 9.17) is 0 Å². The van der Waals surface area contributed by atoms with E-state index in [2.05, 4.69) is 26.1 Å². The van der Waals surface area contributed by atoms with Crippen LogP contribution in [-0.2, 0) is 16.6 Å². The Kier molecular flexibility index (Phi) is 5.11. The molecule has 27 heavy (non-hydrogen) atoms. The third-order valence-corrected chi connectivity index (χ3v) is 7.18. The van der Waals surface area contributed by atoms with Gasteiger partial charge in [0.15, 0.2) is 0 Å². The molecule has 0 atom stereocenters. The minimum atomic E-state index is -3.64. The van der Waals surface area contributed by atoms with Crippen molar-refractivity contribution in [3.63, 3.8) is 0 Å². The number of piperazine rings is 1. The quantitative estimate of drug-likeness (QED) is 0.665. The van der Waals surface area contributed by atoms with Crippen molar-refractivity contribution in [2.24, 2.45) is 0 Å². The van der Waals surface area contributed by atoms with Crippen LogP contribution in [0.1, 0.15) is 11.1 Å². The molecule has 3 aromatic rings. The van der Waals surface area contributed by atoms with Gasteiger partial charge < -0.3 is 5.32 Å². The van der Waals surface area contributed by atoms with Crippen molar-refractivity contribution < 1.29 is 8.42 Å². The van der Waals surface area contributed by atoms with Gasteiger partial charge in [-0.25, -0.2) is 12.4 Å². The fourth-order valence-electron chi connectivity index (χ4n) is 3.50. The van der Waals surface area contributed by atoms with E-state index < -0.39 is 10.0 Å². The van der Waals surface area contributed by atoms with Crippen molar-refractivity contribution in [3.05, 3.63) is 64.3 Å². The number of hydrogen-bond donors (Lipinski definition) is 1. The highest BCUT2D eigenvalue weighted by Gasteiger charge is 2.22. The fraction of sp³-hybridized carbons (Fsp3) is 0.300. The van der Waals surface area contributed by atoms with Gasteiger partial charge in [-0.1, -0.05) is 33.6 Å². The molecule has 0 unspecified atom stereocenters. The molecular formula is C20H22BrN3O2S. The number of benzene rings is 2. The maximum Gasteiger partial charge on any atom is 0.268 e. The average molecular weight is 448 g/mol. The van der Waals surface area contributed by atoms with Crippen molar-refractivity contribution in [1.82, 2.24) is 14.2 Å². The zero-order valence-corrected chi connectivity index (χ0v) is 17.6. The molecule has 0 amide bonds. The molecule has 0 bridgehead atoms. The molecule has 5 nitrogen and oxygen atoms in total. The first-order valence-electron chi connectivity index (χ1n) is 9.00. The van der Waals surface area contributed by atoms with Crippen LogP contribution in [0.4, 0.5) is 0 Å². The molecule has 7 heteroatoms. The predicted molar refractivity (Wildman–Crippen MR) is 112 cm³/mol. The summed E-state index contributed by atoms with van der Waals surface area (Å²) in [5.74, 6) is 0. The number of hydrogen-bond acceptors (Lipinski definition) is 4. The summed E-state index contributed by atoms with van der Waals surface area (Å²) in [4.78, 5) is 2.66. The van der Waals surface area contributed by atoms with E-state index in [0.29, 0.717) is 10.4 Å². The second-order valence-electron chi connectivity index (χ2n) is 6.96. The lowest BCUT2D eigenvalue weighted by Crippen LogP contribution is -2.42. The standard InChI is InChI=1S/C20H22BrN3O2S/c1-15-2-5-18(6-3-15)27(25,26)24-14-16(13-23-10-8-22-9-11-23)19-12-17(21)4-7-20(19)24/h2-7,12,14,22H,8-11,13H2,1H3. The number of nitrogens with one attached hydrogen (secondary N) is 1. The van der Waals surface area contributed by atoms with E-state index in [9.17, 15) is 8.42 Å². The SMILES string of the molecule is Cc1ccc(S(=O)(=O)n2cc(CN3CCNCC3)c3cc(Br)ccc32)cc1. The molecule has 0 saturated carbocycles. The number of aromatic nitrogens is 1. The molecule has 1 N–H and O–H groups in total. The van der Waals surface area contributed by atoms with Crippen LogP contribution >= 0.6 is 15.9 Å². The monoisotopic (exact) mass is 447 g/mol. The molecule has 1 saturated heterocycles. The van der Waals surface area contributed by atoms with Crippen LogP contribution in [0, 0.1) is 6.92 Å². The molecule has 0 aliphatic carbocycles. The van der Waals surface area contributed by atoms with Crippen molar-refractivity contribution in [1.29, 1.82) is 0 Å². The smallest absolute Gasteiger partial charge is 0.268 e. The average Bonchev–Trinajstić information content (AvgIpc) is 3.01. The zero-order chi connectivity index (χ0) is 19.0.